The largest absolute Gasteiger partial charge is 0.480 e. The van der Waals surface area contributed by atoms with Crippen molar-refractivity contribution >= 4 is 15.8 Å². The Kier molecular flexibility index (Phi) is 3.36. The van der Waals surface area contributed by atoms with Gasteiger partial charge in [-0.15, -0.1) is 0 Å². The van der Waals surface area contributed by atoms with Crippen LogP contribution in [0, 0.1) is 0 Å². The molecule has 1 aliphatic carbocycles. The van der Waals surface area contributed by atoms with Gasteiger partial charge in [0.25, 0.3) is 0 Å². The lowest BCUT2D eigenvalue weighted by molar-refractivity contribution is -0.140. The molecule has 1 aliphatic rings. The zero-order valence-electron chi connectivity index (χ0n) is 9.91. The van der Waals surface area contributed by atoms with Gasteiger partial charge in [-0.2, -0.15) is 0 Å². The lowest BCUT2D eigenvalue weighted by atomic mass is 10.3. The van der Waals surface area contributed by atoms with Gasteiger partial charge >= 0.3 is 5.97 Å². The van der Waals surface area contributed by atoms with Crippen LogP contribution in [0.5, 0.6) is 0 Å². The summed E-state index contributed by atoms with van der Waals surface area (Å²) in [5.41, 5.74) is -0.854. The highest BCUT2D eigenvalue weighted by atomic mass is 32.2. The van der Waals surface area contributed by atoms with Crippen molar-refractivity contribution in [1.82, 2.24) is 5.32 Å². The van der Waals surface area contributed by atoms with Gasteiger partial charge in [-0.25, -0.2) is 8.42 Å². The molecule has 5 nitrogen and oxygen atoms in total. The monoisotopic (exact) mass is 249 g/mol. The van der Waals surface area contributed by atoms with E-state index in [1.165, 1.54) is 0 Å². The van der Waals surface area contributed by atoms with E-state index < -0.39 is 26.1 Å². The third-order valence-electron chi connectivity index (χ3n) is 2.93. The maximum atomic E-state index is 11.7. The van der Waals surface area contributed by atoms with Crippen LogP contribution in [-0.2, 0) is 14.6 Å². The Bertz CT molecular complexity index is 376. The van der Waals surface area contributed by atoms with E-state index in [1.54, 1.807) is 20.8 Å². The van der Waals surface area contributed by atoms with Crippen LogP contribution in [0.25, 0.3) is 0 Å². The smallest absolute Gasteiger partial charge is 0.323 e. The highest BCUT2D eigenvalue weighted by Crippen LogP contribution is 2.35. The molecule has 0 aromatic carbocycles. The van der Waals surface area contributed by atoms with Gasteiger partial charge in [0, 0.05) is 6.54 Å². The van der Waals surface area contributed by atoms with Gasteiger partial charge in [0.1, 0.15) is 5.54 Å². The first-order chi connectivity index (χ1) is 7.11. The van der Waals surface area contributed by atoms with E-state index in [9.17, 15) is 13.2 Å². The SMILES string of the molecule is CC(C)(C)S(=O)(=O)CCNC1(C(=O)O)CC1. The second kappa shape index (κ2) is 4.00. The molecule has 0 aromatic heterocycles. The molecule has 6 heteroatoms. The summed E-state index contributed by atoms with van der Waals surface area (Å²) in [6, 6.07) is 0. The molecule has 1 rings (SSSR count). The molecule has 0 heterocycles. The molecule has 0 saturated heterocycles. The highest BCUT2D eigenvalue weighted by Gasteiger charge is 2.50. The molecule has 0 atom stereocenters. The summed E-state index contributed by atoms with van der Waals surface area (Å²) in [7, 11) is -3.17. The highest BCUT2D eigenvalue weighted by molar-refractivity contribution is 7.92. The fraction of sp³-hybridized carbons (Fsp3) is 0.900. The standard InChI is InChI=1S/C10H19NO4S/c1-9(2,3)16(14,15)7-6-11-10(4-5-10)8(12)13/h11H,4-7H2,1-3H3,(H,12,13). The molecule has 16 heavy (non-hydrogen) atoms. The molecule has 0 amide bonds. The number of rotatable bonds is 5. The molecule has 0 spiro atoms. The van der Waals surface area contributed by atoms with Gasteiger partial charge < -0.3 is 10.4 Å². The molecule has 1 fully saturated rings. The number of carbonyl (C=O) groups is 1. The van der Waals surface area contributed by atoms with Gasteiger partial charge in [0.2, 0.25) is 0 Å². The van der Waals surface area contributed by atoms with Crippen LogP contribution in [0.1, 0.15) is 33.6 Å². The van der Waals surface area contributed by atoms with Crippen LogP contribution in [0.3, 0.4) is 0 Å². The number of nitrogens with one attached hydrogen (secondary N) is 1. The average molecular weight is 249 g/mol. The number of sulfone groups is 1. The Labute approximate surface area is 96.1 Å². The second-order valence-electron chi connectivity index (χ2n) is 5.25. The lowest BCUT2D eigenvalue weighted by Crippen LogP contribution is -2.43. The van der Waals surface area contributed by atoms with Gasteiger partial charge in [0.15, 0.2) is 9.84 Å². The Morgan fingerprint density at radius 2 is 1.88 bits per heavy atom. The zero-order valence-corrected chi connectivity index (χ0v) is 10.7. The first-order valence-electron chi connectivity index (χ1n) is 5.31. The maximum absolute atomic E-state index is 11.7. The number of hydrogen-bond donors (Lipinski definition) is 2. The molecular formula is C10H19NO4S. The molecule has 94 valence electrons. The molecule has 0 bridgehead atoms. The molecule has 2 N–H and O–H groups in total. The van der Waals surface area contributed by atoms with Crippen LogP contribution < -0.4 is 5.32 Å². The third-order valence-corrected chi connectivity index (χ3v) is 5.53. The molecular weight excluding hydrogens is 230 g/mol. The van der Waals surface area contributed by atoms with E-state index in [-0.39, 0.29) is 12.3 Å². The molecule has 1 saturated carbocycles. The van der Waals surface area contributed by atoms with Crippen LogP contribution >= 0.6 is 0 Å². The van der Waals surface area contributed by atoms with Crippen molar-refractivity contribution in [3.05, 3.63) is 0 Å². The normalized spacial score (nSPS) is 19.4. The van der Waals surface area contributed by atoms with E-state index in [0.29, 0.717) is 12.8 Å². The fourth-order valence-corrected chi connectivity index (χ4v) is 2.31. The summed E-state index contributed by atoms with van der Waals surface area (Å²) in [5, 5.41) is 11.7. The first-order valence-corrected chi connectivity index (χ1v) is 6.97. The van der Waals surface area contributed by atoms with Crippen LogP contribution in [0.2, 0.25) is 0 Å². The minimum atomic E-state index is -3.17. The van der Waals surface area contributed by atoms with Crippen molar-refractivity contribution in [2.45, 2.75) is 43.9 Å². The van der Waals surface area contributed by atoms with Gasteiger partial charge in [0.05, 0.1) is 10.5 Å². The van der Waals surface area contributed by atoms with E-state index >= 15 is 0 Å². The minimum absolute atomic E-state index is 0.0223. The average Bonchev–Trinajstić information content (AvgIpc) is 2.82. The van der Waals surface area contributed by atoms with Gasteiger partial charge in [-0.1, -0.05) is 0 Å². The Balaban J connectivity index is 2.46. The summed E-state index contributed by atoms with van der Waals surface area (Å²) in [6.45, 7) is 5.14. The van der Waals surface area contributed by atoms with Crippen molar-refractivity contribution in [3.8, 4) is 0 Å². The van der Waals surface area contributed by atoms with E-state index in [1.807, 2.05) is 0 Å². The molecule has 0 aromatic rings. The van der Waals surface area contributed by atoms with Crippen molar-refractivity contribution in [2.24, 2.45) is 0 Å². The Morgan fingerprint density at radius 3 is 2.19 bits per heavy atom. The van der Waals surface area contributed by atoms with E-state index in [2.05, 4.69) is 5.32 Å². The number of carboxylic acids is 1. The predicted octanol–water partition coefficient (Wildman–Crippen LogP) is 0.406. The molecule has 0 aliphatic heterocycles. The summed E-state index contributed by atoms with van der Waals surface area (Å²) in [5.74, 6) is -0.911. The van der Waals surface area contributed by atoms with Crippen molar-refractivity contribution in [1.29, 1.82) is 0 Å². The van der Waals surface area contributed by atoms with Gasteiger partial charge in [-0.3, -0.25) is 4.79 Å². The van der Waals surface area contributed by atoms with Crippen molar-refractivity contribution < 1.29 is 18.3 Å². The quantitative estimate of drug-likeness (QED) is 0.737. The van der Waals surface area contributed by atoms with Crippen LogP contribution in [0.15, 0.2) is 0 Å². The third kappa shape index (κ3) is 2.74. The van der Waals surface area contributed by atoms with E-state index in [4.69, 9.17) is 5.11 Å². The maximum Gasteiger partial charge on any atom is 0.323 e. The summed E-state index contributed by atoms with van der Waals surface area (Å²) in [4.78, 5) is 10.8. The summed E-state index contributed by atoms with van der Waals surface area (Å²) >= 11 is 0. The molecule has 0 unspecified atom stereocenters. The Hall–Kier alpha value is -0.620. The summed E-state index contributed by atoms with van der Waals surface area (Å²) < 4.78 is 22.7. The number of carboxylic acid groups (broad SMARTS) is 1. The molecule has 0 radical (unpaired) electrons. The van der Waals surface area contributed by atoms with E-state index in [0.717, 1.165) is 0 Å². The van der Waals surface area contributed by atoms with Crippen LogP contribution in [0.4, 0.5) is 0 Å². The van der Waals surface area contributed by atoms with Crippen molar-refractivity contribution in [3.63, 3.8) is 0 Å². The van der Waals surface area contributed by atoms with Crippen molar-refractivity contribution in [2.75, 3.05) is 12.3 Å². The fourth-order valence-electron chi connectivity index (χ4n) is 1.32. The second-order valence-corrected chi connectivity index (χ2v) is 8.11. The first kappa shape index (κ1) is 13.4. The Morgan fingerprint density at radius 1 is 1.38 bits per heavy atom. The minimum Gasteiger partial charge on any atom is -0.480 e. The van der Waals surface area contributed by atoms with Crippen LogP contribution in [-0.4, -0.2) is 42.1 Å². The zero-order chi connectivity index (χ0) is 12.6. The number of aliphatic carboxylic acids is 1. The number of hydrogen-bond acceptors (Lipinski definition) is 4. The topological polar surface area (TPSA) is 83.5 Å². The van der Waals surface area contributed by atoms with Gasteiger partial charge in [-0.05, 0) is 33.6 Å². The lowest BCUT2D eigenvalue weighted by Gasteiger charge is -2.20. The summed E-state index contributed by atoms with van der Waals surface area (Å²) in [6.07, 6.45) is 1.16. The predicted molar refractivity (Wildman–Crippen MR) is 61.1 cm³/mol.